The zero-order valence-electron chi connectivity index (χ0n) is 9.97. The van der Waals surface area contributed by atoms with Gasteiger partial charge in [0.05, 0.1) is 23.9 Å². The Bertz CT molecular complexity index is 501. The lowest BCUT2D eigenvalue weighted by molar-refractivity contribution is -0.149. The van der Waals surface area contributed by atoms with E-state index in [2.05, 4.69) is 0 Å². The standard InChI is InChI=1S/C12H16O4S/c1-3-17(13,14)11-6-4-5-10(9-11)12(2)15-7-8-16-12/h4-6,9H,3,7-8H2,1-2H3. The van der Waals surface area contributed by atoms with Crippen molar-refractivity contribution in [2.24, 2.45) is 0 Å². The van der Waals surface area contributed by atoms with Crippen LogP contribution in [0, 0.1) is 0 Å². The minimum atomic E-state index is -3.19. The minimum absolute atomic E-state index is 0.0921. The summed E-state index contributed by atoms with van der Waals surface area (Å²) in [5, 5.41) is 0. The maximum Gasteiger partial charge on any atom is 0.192 e. The van der Waals surface area contributed by atoms with Gasteiger partial charge in [-0.05, 0) is 19.1 Å². The highest BCUT2D eigenvalue weighted by Crippen LogP contribution is 2.31. The third kappa shape index (κ3) is 2.36. The van der Waals surface area contributed by atoms with Crippen LogP contribution >= 0.6 is 0 Å². The Morgan fingerprint density at radius 3 is 2.53 bits per heavy atom. The van der Waals surface area contributed by atoms with E-state index in [4.69, 9.17) is 9.47 Å². The van der Waals surface area contributed by atoms with Crippen molar-refractivity contribution in [2.75, 3.05) is 19.0 Å². The van der Waals surface area contributed by atoms with Crippen molar-refractivity contribution in [3.05, 3.63) is 29.8 Å². The molecule has 94 valence electrons. The maximum absolute atomic E-state index is 11.8. The van der Waals surface area contributed by atoms with Crippen LogP contribution in [0.15, 0.2) is 29.2 Å². The monoisotopic (exact) mass is 256 g/mol. The molecule has 0 amide bonds. The molecule has 2 rings (SSSR count). The number of hydrogen-bond donors (Lipinski definition) is 0. The topological polar surface area (TPSA) is 52.6 Å². The Hall–Kier alpha value is -0.910. The normalized spacial score (nSPS) is 19.4. The Morgan fingerprint density at radius 2 is 1.94 bits per heavy atom. The van der Waals surface area contributed by atoms with Gasteiger partial charge >= 0.3 is 0 Å². The van der Waals surface area contributed by atoms with Crippen LogP contribution in [0.1, 0.15) is 19.4 Å². The summed E-state index contributed by atoms with van der Waals surface area (Å²) in [6.07, 6.45) is 0. The first-order valence-electron chi connectivity index (χ1n) is 5.59. The molecule has 17 heavy (non-hydrogen) atoms. The Balaban J connectivity index is 2.42. The molecule has 1 saturated heterocycles. The fourth-order valence-corrected chi connectivity index (χ4v) is 2.75. The number of benzene rings is 1. The van der Waals surface area contributed by atoms with Gasteiger partial charge in [0.2, 0.25) is 0 Å². The molecule has 1 aliphatic rings. The van der Waals surface area contributed by atoms with E-state index in [1.54, 1.807) is 32.0 Å². The number of rotatable bonds is 3. The lowest BCUT2D eigenvalue weighted by Gasteiger charge is -2.23. The summed E-state index contributed by atoms with van der Waals surface area (Å²) in [7, 11) is -3.19. The van der Waals surface area contributed by atoms with Crippen LogP contribution < -0.4 is 0 Å². The van der Waals surface area contributed by atoms with Crippen molar-refractivity contribution in [1.29, 1.82) is 0 Å². The summed E-state index contributed by atoms with van der Waals surface area (Å²) < 4.78 is 34.6. The van der Waals surface area contributed by atoms with Crippen molar-refractivity contribution < 1.29 is 17.9 Å². The molecule has 0 unspecified atom stereocenters. The van der Waals surface area contributed by atoms with E-state index in [0.29, 0.717) is 18.1 Å². The number of ether oxygens (including phenoxy) is 2. The molecule has 1 aromatic carbocycles. The van der Waals surface area contributed by atoms with Crippen LogP contribution in [0.3, 0.4) is 0 Å². The lowest BCUT2D eigenvalue weighted by Crippen LogP contribution is -2.22. The average molecular weight is 256 g/mol. The van der Waals surface area contributed by atoms with E-state index in [1.165, 1.54) is 0 Å². The van der Waals surface area contributed by atoms with Gasteiger partial charge < -0.3 is 9.47 Å². The molecule has 1 aromatic rings. The third-order valence-corrected chi connectivity index (χ3v) is 4.67. The largest absolute Gasteiger partial charge is 0.344 e. The van der Waals surface area contributed by atoms with Gasteiger partial charge in [-0.1, -0.05) is 19.1 Å². The second-order valence-corrected chi connectivity index (χ2v) is 6.35. The molecule has 0 aliphatic carbocycles. The third-order valence-electron chi connectivity index (χ3n) is 2.94. The fourth-order valence-electron chi connectivity index (χ4n) is 1.82. The van der Waals surface area contributed by atoms with Gasteiger partial charge in [0, 0.05) is 5.56 Å². The van der Waals surface area contributed by atoms with Crippen molar-refractivity contribution in [1.82, 2.24) is 0 Å². The quantitative estimate of drug-likeness (QED) is 0.826. The highest BCUT2D eigenvalue weighted by molar-refractivity contribution is 7.91. The molecular weight excluding hydrogens is 240 g/mol. The highest BCUT2D eigenvalue weighted by Gasteiger charge is 2.33. The van der Waals surface area contributed by atoms with Crippen LogP contribution in [0.25, 0.3) is 0 Å². The minimum Gasteiger partial charge on any atom is -0.344 e. The van der Waals surface area contributed by atoms with Gasteiger partial charge in [-0.25, -0.2) is 8.42 Å². The second-order valence-electron chi connectivity index (χ2n) is 4.07. The second kappa shape index (κ2) is 4.40. The molecule has 5 heteroatoms. The molecule has 1 aliphatic heterocycles. The number of sulfone groups is 1. The Labute approximate surface area is 101 Å². The molecule has 0 N–H and O–H groups in total. The van der Waals surface area contributed by atoms with Crippen LogP contribution in [-0.4, -0.2) is 27.4 Å². The summed E-state index contributed by atoms with van der Waals surface area (Å²) in [6, 6.07) is 6.76. The molecule has 0 atom stereocenters. The molecule has 0 aromatic heterocycles. The van der Waals surface area contributed by atoms with Crippen molar-refractivity contribution in [3.63, 3.8) is 0 Å². The number of hydrogen-bond acceptors (Lipinski definition) is 4. The molecule has 1 heterocycles. The Kier molecular flexibility index (Phi) is 3.25. The van der Waals surface area contributed by atoms with E-state index in [9.17, 15) is 8.42 Å². The first-order chi connectivity index (χ1) is 7.98. The zero-order valence-corrected chi connectivity index (χ0v) is 10.8. The van der Waals surface area contributed by atoms with Gasteiger partial charge in [-0.2, -0.15) is 0 Å². The summed E-state index contributed by atoms with van der Waals surface area (Å²) >= 11 is 0. The highest BCUT2D eigenvalue weighted by atomic mass is 32.2. The van der Waals surface area contributed by atoms with Crippen LogP contribution in [0.4, 0.5) is 0 Å². The van der Waals surface area contributed by atoms with E-state index in [0.717, 1.165) is 5.56 Å². The van der Waals surface area contributed by atoms with Gasteiger partial charge in [0.15, 0.2) is 15.6 Å². The van der Waals surface area contributed by atoms with Gasteiger partial charge in [0.25, 0.3) is 0 Å². The predicted molar refractivity (Wildman–Crippen MR) is 63.4 cm³/mol. The smallest absolute Gasteiger partial charge is 0.192 e. The van der Waals surface area contributed by atoms with Gasteiger partial charge in [-0.15, -0.1) is 0 Å². The van der Waals surface area contributed by atoms with Crippen LogP contribution in [-0.2, 0) is 25.1 Å². The van der Waals surface area contributed by atoms with E-state index >= 15 is 0 Å². The fraction of sp³-hybridized carbons (Fsp3) is 0.500. The van der Waals surface area contributed by atoms with E-state index in [1.807, 2.05) is 6.07 Å². The van der Waals surface area contributed by atoms with E-state index < -0.39 is 15.6 Å². The average Bonchev–Trinajstić information content (AvgIpc) is 2.78. The molecular formula is C12H16O4S. The van der Waals surface area contributed by atoms with Crippen molar-refractivity contribution >= 4 is 9.84 Å². The predicted octanol–water partition coefficient (Wildman–Crippen LogP) is 1.70. The lowest BCUT2D eigenvalue weighted by atomic mass is 10.1. The van der Waals surface area contributed by atoms with Crippen LogP contribution in [0.2, 0.25) is 0 Å². The first-order valence-corrected chi connectivity index (χ1v) is 7.24. The summed E-state index contributed by atoms with van der Waals surface area (Å²) in [5.41, 5.74) is 0.740. The van der Waals surface area contributed by atoms with Crippen molar-refractivity contribution in [2.45, 2.75) is 24.5 Å². The van der Waals surface area contributed by atoms with Gasteiger partial charge in [0.1, 0.15) is 0 Å². The summed E-state index contributed by atoms with van der Waals surface area (Å²) in [5.74, 6) is -0.728. The molecule has 0 bridgehead atoms. The maximum atomic E-state index is 11.8. The first kappa shape index (κ1) is 12.5. The summed E-state index contributed by atoms with van der Waals surface area (Å²) in [4.78, 5) is 0.317. The molecule has 0 spiro atoms. The SMILES string of the molecule is CCS(=O)(=O)c1cccc(C2(C)OCCO2)c1. The zero-order chi connectivity index (χ0) is 12.5. The van der Waals surface area contributed by atoms with E-state index in [-0.39, 0.29) is 5.75 Å². The molecule has 0 radical (unpaired) electrons. The summed E-state index contributed by atoms with van der Waals surface area (Å²) in [6.45, 7) is 4.49. The van der Waals surface area contributed by atoms with Crippen molar-refractivity contribution in [3.8, 4) is 0 Å². The molecule has 4 nitrogen and oxygen atoms in total. The van der Waals surface area contributed by atoms with Gasteiger partial charge in [-0.3, -0.25) is 0 Å². The molecule has 0 saturated carbocycles. The Morgan fingerprint density at radius 1 is 1.29 bits per heavy atom. The van der Waals surface area contributed by atoms with Crippen LogP contribution in [0.5, 0.6) is 0 Å². The molecule has 1 fully saturated rings.